The van der Waals surface area contributed by atoms with E-state index in [0.29, 0.717) is 11.8 Å². The molecule has 3 heteroatoms. The van der Waals surface area contributed by atoms with Gasteiger partial charge in [-0.2, -0.15) is 0 Å². The third-order valence-electron chi connectivity index (χ3n) is 4.86. The molecule has 0 saturated carbocycles. The predicted octanol–water partition coefficient (Wildman–Crippen LogP) is 3.13. The van der Waals surface area contributed by atoms with Gasteiger partial charge in [0, 0.05) is 31.2 Å². The molecule has 112 valence electrons. The summed E-state index contributed by atoms with van der Waals surface area (Å²) in [6, 6.07) is 8.24. The highest BCUT2D eigenvalue weighted by atomic mass is 16.3. The van der Waals surface area contributed by atoms with E-state index in [1.165, 1.54) is 5.56 Å². The topological polar surface area (TPSA) is 35.5 Å². The van der Waals surface area contributed by atoms with Crippen LogP contribution in [0.15, 0.2) is 24.3 Å². The van der Waals surface area contributed by atoms with Gasteiger partial charge in [0.25, 0.3) is 0 Å². The molecule has 0 aromatic heterocycles. The minimum Gasteiger partial charge on any atom is -0.508 e. The molecule has 1 atom stereocenters. The standard InChI is InChI=1S/C17H28N2O/c1-4-15-11-18-17(5-2,6-3)13-19(15)12-14-8-7-9-16(20)10-14/h7-10,15,18,20H,4-6,11-13H2,1-3H3. The highest BCUT2D eigenvalue weighted by Crippen LogP contribution is 2.25. The van der Waals surface area contributed by atoms with Crippen molar-refractivity contribution in [1.29, 1.82) is 0 Å². The second-order valence-corrected chi connectivity index (χ2v) is 6.01. The van der Waals surface area contributed by atoms with E-state index in [1.54, 1.807) is 6.07 Å². The molecule has 2 N–H and O–H groups in total. The number of piperazine rings is 1. The van der Waals surface area contributed by atoms with Gasteiger partial charge in [-0.25, -0.2) is 0 Å². The molecule has 0 bridgehead atoms. The highest BCUT2D eigenvalue weighted by Gasteiger charge is 2.35. The predicted molar refractivity (Wildman–Crippen MR) is 83.9 cm³/mol. The molecule has 1 aliphatic rings. The van der Waals surface area contributed by atoms with Crippen LogP contribution in [-0.4, -0.2) is 34.7 Å². The summed E-state index contributed by atoms with van der Waals surface area (Å²) in [5.41, 5.74) is 1.45. The van der Waals surface area contributed by atoms with Crippen LogP contribution in [-0.2, 0) is 6.54 Å². The van der Waals surface area contributed by atoms with Crippen molar-refractivity contribution in [3.05, 3.63) is 29.8 Å². The maximum atomic E-state index is 9.63. The van der Waals surface area contributed by atoms with E-state index >= 15 is 0 Å². The van der Waals surface area contributed by atoms with Crippen LogP contribution in [0.5, 0.6) is 5.75 Å². The molecule has 1 fully saturated rings. The van der Waals surface area contributed by atoms with Crippen LogP contribution >= 0.6 is 0 Å². The Bertz CT molecular complexity index is 429. The fraction of sp³-hybridized carbons (Fsp3) is 0.647. The first-order valence-corrected chi connectivity index (χ1v) is 7.89. The highest BCUT2D eigenvalue weighted by molar-refractivity contribution is 5.27. The van der Waals surface area contributed by atoms with Crippen molar-refractivity contribution in [1.82, 2.24) is 10.2 Å². The maximum absolute atomic E-state index is 9.63. The number of hydrogen-bond donors (Lipinski definition) is 2. The third-order valence-corrected chi connectivity index (χ3v) is 4.86. The van der Waals surface area contributed by atoms with Crippen molar-refractivity contribution >= 4 is 0 Å². The molecule has 3 nitrogen and oxygen atoms in total. The monoisotopic (exact) mass is 276 g/mol. The van der Waals surface area contributed by atoms with E-state index in [0.717, 1.165) is 38.9 Å². The lowest BCUT2D eigenvalue weighted by Gasteiger charge is -2.47. The van der Waals surface area contributed by atoms with E-state index in [-0.39, 0.29) is 5.54 Å². The van der Waals surface area contributed by atoms with E-state index in [9.17, 15) is 5.11 Å². The number of rotatable bonds is 5. The van der Waals surface area contributed by atoms with Gasteiger partial charge in [-0.15, -0.1) is 0 Å². The fourth-order valence-electron chi connectivity index (χ4n) is 3.24. The Balaban J connectivity index is 2.13. The number of phenols is 1. The van der Waals surface area contributed by atoms with Crippen molar-refractivity contribution in [2.24, 2.45) is 0 Å². The first-order chi connectivity index (χ1) is 9.62. The Hall–Kier alpha value is -1.06. The van der Waals surface area contributed by atoms with Gasteiger partial charge in [0.15, 0.2) is 0 Å². The van der Waals surface area contributed by atoms with Crippen LogP contribution < -0.4 is 5.32 Å². The van der Waals surface area contributed by atoms with Crippen LogP contribution in [0.3, 0.4) is 0 Å². The Morgan fingerprint density at radius 2 is 2.05 bits per heavy atom. The summed E-state index contributed by atoms with van der Waals surface area (Å²) >= 11 is 0. The molecule has 20 heavy (non-hydrogen) atoms. The molecule has 1 saturated heterocycles. The number of nitrogens with one attached hydrogen (secondary N) is 1. The van der Waals surface area contributed by atoms with Gasteiger partial charge in [0.05, 0.1) is 0 Å². The Kier molecular flexibility index (Phi) is 5.06. The van der Waals surface area contributed by atoms with Crippen molar-refractivity contribution in [3.63, 3.8) is 0 Å². The first-order valence-electron chi connectivity index (χ1n) is 7.89. The summed E-state index contributed by atoms with van der Waals surface area (Å²) in [5.74, 6) is 0.364. The molecule has 1 heterocycles. The zero-order chi connectivity index (χ0) is 14.6. The average molecular weight is 276 g/mol. The molecule has 0 radical (unpaired) electrons. The normalized spacial score (nSPS) is 22.9. The summed E-state index contributed by atoms with van der Waals surface area (Å²) in [6.07, 6.45) is 3.49. The van der Waals surface area contributed by atoms with Crippen molar-refractivity contribution < 1.29 is 5.11 Å². The number of benzene rings is 1. The molecule has 1 aliphatic heterocycles. The van der Waals surface area contributed by atoms with E-state index in [4.69, 9.17) is 0 Å². The third kappa shape index (κ3) is 3.33. The van der Waals surface area contributed by atoms with Crippen molar-refractivity contribution in [2.75, 3.05) is 13.1 Å². The van der Waals surface area contributed by atoms with Crippen LogP contribution in [0.1, 0.15) is 45.6 Å². The lowest BCUT2D eigenvalue weighted by Crippen LogP contribution is -2.63. The van der Waals surface area contributed by atoms with Crippen molar-refractivity contribution in [3.8, 4) is 5.75 Å². The van der Waals surface area contributed by atoms with Gasteiger partial charge in [0.1, 0.15) is 5.75 Å². The summed E-state index contributed by atoms with van der Waals surface area (Å²) < 4.78 is 0. The second-order valence-electron chi connectivity index (χ2n) is 6.01. The van der Waals surface area contributed by atoms with Crippen LogP contribution in [0, 0.1) is 0 Å². The van der Waals surface area contributed by atoms with Gasteiger partial charge in [0.2, 0.25) is 0 Å². The molecule has 0 aliphatic carbocycles. The molecule has 0 amide bonds. The lowest BCUT2D eigenvalue weighted by atomic mass is 9.88. The maximum Gasteiger partial charge on any atom is 0.115 e. The quantitative estimate of drug-likeness (QED) is 0.867. The summed E-state index contributed by atoms with van der Waals surface area (Å²) in [7, 11) is 0. The summed E-state index contributed by atoms with van der Waals surface area (Å²) in [5, 5.41) is 13.4. The van der Waals surface area contributed by atoms with E-state index < -0.39 is 0 Å². The number of phenolic OH excluding ortho intramolecular Hbond substituents is 1. The average Bonchev–Trinajstić information content (AvgIpc) is 2.47. The second kappa shape index (κ2) is 6.59. The van der Waals surface area contributed by atoms with Gasteiger partial charge in [-0.05, 0) is 37.0 Å². The number of nitrogens with zero attached hydrogens (tertiary/aromatic N) is 1. The molecular formula is C17H28N2O. The molecule has 1 aromatic rings. The fourth-order valence-corrected chi connectivity index (χ4v) is 3.24. The molecule has 0 spiro atoms. The summed E-state index contributed by atoms with van der Waals surface area (Å²) in [6.45, 7) is 9.89. The number of aromatic hydroxyl groups is 1. The minimum absolute atomic E-state index is 0.252. The summed E-state index contributed by atoms with van der Waals surface area (Å²) in [4.78, 5) is 2.58. The Morgan fingerprint density at radius 3 is 2.65 bits per heavy atom. The van der Waals surface area contributed by atoms with Gasteiger partial charge in [-0.3, -0.25) is 4.90 Å². The smallest absolute Gasteiger partial charge is 0.115 e. The zero-order valence-electron chi connectivity index (χ0n) is 13.0. The van der Waals surface area contributed by atoms with Gasteiger partial charge in [-0.1, -0.05) is 32.9 Å². The molecule has 1 unspecified atom stereocenters. The molecule has 2 rings (SSSR count). The Labute approximate surface area is 123 Å². The largest absolute Gasteiger partial charge is 0.508 e. The van der Waals surface area contributed by atoms with Gasteiger partial charge >= 0.3 is 0 Å². The lowest BCUT2D eigenvalue weighted by molar-refractivity contribution is 0.0643. The van der Waals surface area contributed by atoms with Crippen LogP contribution in [0.25, 0.3) is 0 Å². The van der Waals surface area contributed by atoms with E-state index in [1.807, 2.05) is 12.1 Å². The Morgan fingerprint density at radius 1 is 1.30 bits per heavy atom. The first kappa shape index (κ1) is 15.3. The zero-order valence-corrected chi connectivity index (χ0v) is 13.0. The number of hydrogen-bond acceptors (Lipinski definition) is 3. The molecule has 1 aromatic carbocycles. The van der Waals surface area contributed by atoms with Gasteiger partial charge < -0.3 is 10.4 Å². The molecular weight excluding hydrogens is 248 g/mol. The van der Waals surface area contributed by atoms with Crippen LogP contribution in [0.4, 0.5) is 0 Å². The van der Waals surface area contributed by atoms with E-state index in [2.05, 4.69) is 37.1 Å². The van der Waals surface area contributed by atoms with Crippen molar-refractivity contribution in [2.45, 2.75) is 58.2 Å². The van der Waals surface area contributed by atoms with Crippen LogP contribution in [0.2, 0.25) is 0 Å². The SMILES string of the molecule is CCC1CNC(CC)(CC)CN1Cc1cccc(O)c1. The minimum atomic E-state index is 0.252.